The molecule has 0 spiro atoms. The Hall–Kier alpha value is -2.86. The minimum atomic E-state index is -0.523. The first kappa shape index (κ1) is 18.5. The number of benzene rings is 2. The summed E-state index contributed by atoms with van der Waals surface area (Å²) in [6, 6.07) is 15.3. The van der Waals surface area contributed by atoms with E-state index < -0.39 is 6.09 Å². The Morgan fingerprint density at radius 1 is 0.960 bits per heavy atom. The second-order valence-electron chi connectivity index (χ2n) is 5.49. The topological polar surface area (TPSA) is 87.7 Å². The first-order chi connectivity index (χ1) is 12.2. The molecule has 0 aliphatic rings. The van der Waals surface area contributed by atoms with Crippen LogP contribution in [-0.4, -0.2) is 30.8 Å². The fraction of sp³-hybridized carbons (Fsp3) is 0.263. The largest absolute Gasteiger partial charge is 0.449 e. The molecule has 0 heterocycles. The molecule has 0 bridgehead atoms. The van der Waals surface area contributed by atoms with Crippen LogP contribution in [0.3, 0.4) is 0 Å². The van der Waals surface area contributed by atoms with E-state index >= 15 is 0 Å². The summed E-state index contributed by atoms with van der Waals surface area (Å²) in [5.41, 5.74) is 3.79. The van der Waals surface area contributed by atoms with E-state index in [2.05, 4.69) is 10.6 Å². The molecule has 0 saturated heterocycles. The van der Waals surface area contributed by atoms with Crippen LogP contribution in [0.4, 0.5) is 16.2 Å². The number of anilines is 2. The second-order valence-corrected chi connectivity index (χ2v) is 5.49. The molecule has 0 unspecified atom stereocenters. The average molecular weight is 342 g/mol. The molecule has 2 aromatic rings. The summed E-state index contributed by atoms with van der Waals surface area (Å²) in [6.07, 6.45) is 2.33. The summed E-state index contributed by atoms with van der Waals surface area (Å²) >= 11 is 0. The lowest BCUT2D eigenvalue weighted by atomic mass is 10.0. The minimum Gasteiger partial charge on any atom is -0.449 e. The summed E-state index contributed by atoms with van der Waals surface area (Å²) < 4.78 is 4.91. The van der Waals surface area contributed by atoms with E-state index in [0.29, 0.717) is 18.5 Å². The third-order valence-electron chi connectivity index (χ3n) is 3.62. The van der Waals surface area contributed by atoms with E-state index in [4.69, 9.17) is 9.84 Å². The van der Waals surface area contributed by atoms with Gasteiger partial charge in [-0.3, -0.25) is 10.1 Å². The lowest BCUT2D eigenvalue weighted by Gasteiger charge is -2.08. The van der Waals surface area contributed by atoms with E-state index in [1.165, 1.54) is 5.56 Å². The van der Waals surface area contributed by atoms with E-state index in [9.17, 15) is 9.59 Å². The van der Waals surface area contributed by atoms with Crippen LogP contribution in [0, 0.1) is 0 Å². The van der Waals surface area contributed by atoms with Crippen LogP contribution in [0.15, 0.2) is 48.5 Å². The fourth-order valence-corrected chi connectivity index (χ4v) is 2.26. The molecule has 0 aliphatic heterocycles. The number of carbonyl (C=O) groups is 2. The molecule has 2 aromatic carbocycles. The summed E-state index contributed by atoms with van der Waals surface area (Å²) in [4.78, 5) is 21.9. The van der Waals surface area contributed by atoms with Gasteiger partial charge in [-0.15, -0.1) is 0 Å². The van der Waals surface area contributed by atoms with Crippen molar-refractivity contribution in [3.63, 3.8) is 0 Å². The van der Waals surface area contributed by atoms with Gasteiger partial charge in [-0.2, -0.15) is 0 Å². The number of amides is 2. The third-order valence-corrected chi connectivity index (χ3v) is 3.62. The molecular formula is C19H22N2O4. The summed E-state index contributed by atoms with van der Waals surface area (Å²) in [5, 5.41) is 13.9. The molecule has 0 atom stereocenters. The normalized spacial score (nSPS) is 10.1. The number of carbonyl (C=O) groups excluding carboxylic acids is 2. The van der Waals surface area contributed by atoms with E-state index in [1.54, 1.807) is 0 Å². The number of nitrogens with one attached hydrogen (secondary N) is 2. The summed E-state index contributed by atoms with van der Waals surface area (Å²) in [7, 11) is 0. The zero-order valence-corrected chi connectivity index (χ0v) is 13.9. The van der Waals surface area contributed by atoms with Gasteiger partial charge in [0.15, 0.2) is 0 Å². The van der Waals surface area contributed by atoms with Crippen molar-refractivity contribution in [3.8, 4) is 0 Å². The molecule has 6 nitrogen and oxygen atoms in total. The standard InChI is InChI=1S/C19H22N2O4/c22-12-1-13-25-19(24)21-18-10-6-16(7-11-18)3-2-15-4-8-17(9-5-15)20-14-23/h4-11,14,22H,1-3,12-13H2,(H,20,23)(H,21,24). The van der Waals surface area contributed by atoms with Crippen molar-refractivity contribution in [2.45, 2.75) is 19.3 Å². The van der Waals surface area contributed by atoms with Gasteiger partial charge in [0.05, 0.1) is 6.61 Å². The first-order valence-electron chi connectivity index (χ1n) is 8.14. The number of aryl methyl sites for hydroxylation is 2. The lowest BCUT2D eigenvalue weighted by Crippen LogP contribution is -2.14. The van der Waals surface area contributed by atoms with Gasteiger partial charge in [-0.1, -0.05) is 24.3 Å². The number of aliphatic hydroxyl groups is 1. The highest BCUT2D eigenvalue weighted by atomic mass is 16.5. The van der Waals surface area contributed by atoms with Crippen molar-refractivity contribution >= 4 is 23.9 Å². The molecule has 132 valence electrons. The molecule has 25 heavy (non-hydrogen) atoms. The number of ether oxygens (including phenoxy) is 1. The lowest BCUT2D eigenvalue weighted by molar-refractivity contribution is -0.105. The van der Waals surface area contributed by atoms with Crippen molar-refractivity contribution in [1.82, 2.24) is 0 Å². The van der Waals surface area contributed by atoms with Gasteiger partial charge in [-0.25, -0.2) is 4.79 Å². The Bertz CT molecular complexity index is 669. The van der Waals surface area contributed by atoms with Gasteiger partial charge in [-0.05, 0) is 48.2 Å². The van der Waals surface area contributed by atoms with Crippen LogP contribution in [0.2, 0.25) is 0 Å². The number of rotatable bonds is 9. The Labute approximate surface area is 146 Å². The van der Waals surface area contributed by atoms with Gasteiger partial charge >= 0.3 is 6.09 Å². The van der Waals surface area contributed by atoms with Crippen molar-refractivity contribution < 1.29 is 19.4 Å². The van der Waals surface area contributed by atoms with E-state index in [1.807, 2.05) is 48.5 Å². The Balaban J connectivity index is 1.79. The summed E-state index contributed by atoms with van der Waals surface area (Å²) in [5.74, 6) is 0. The number of aliphatic hydroxyl groups excluding tert-OH is 1. The van der Waals surface area contributed by atoms with Gasteiger partial charge < -0.3 is 15.2 Å². The van der Waals surface area contributed by atoms with E-state index in [-0.39, 0.29) is 13.2 Å². The van der Waals surface area contributed by atoms with Crippen LogP contribution < -0.4 is 10.6 Å². The monoisotopic (exact) mass is 342 g/mol. The summed E-state index contributed by atoms with van der Waals surface area (Å²) in [6.45, 7) is 0.194. The van der Waals surface area contributed by atoms with Crippen molar-refractivity contribution in [1.29, 1.82) is 0 Å². The Morgan fingerprint density at radius 2 is 1.52 bits per heavy atom. The molecule has 0 saturated carbocycles. The maximum absolute atomic E-state index is 11.5. The zero-order chi connectivity index (χ0) is 17.9. The van der Waals surface area contributed by atoms with Crippen LogP contribution in [0.5, 0.6) is 0 Å². The number of hydrogen-bond acceptors (Lipinski definition) is 4. The van der Waals surface area contributed by atoms with Crippen LogP contribution >= 0.6 is 0 Å². The molecule has 0 fully saturated rings. The SMILES string of the molecule is O=CNc1ccc(CCc2ccc(NC(=O)OCCCO)cc2)cc1. The highest BCUT2D eigenvalue weighted by Crippen LogP contribution is 2.14. The maximum Gasteiger partial charge on any atom is 0.411 e. The predicted molar refractivity (Wildman–Crippen MR) is 96.7 cm³/mol. The zero-order valence-electron chi connectivity index (χ0n) is 13.9. The Kier molecular flexibility index (Phi) is 7.46. The number of hydrogen-bond donors (Lipinski definition) is 3. The van der Waals surface area contributed by atoms with Gasteiger partial charge in [0, 0.05) is 24.4 Å². The average Bonchev–Trinajstić information content (AvgIpc) is 2.63. The maximum atomic E-state index is 11.5. The molecular weight excluding hydrogens is 320 g/mol. The molecule has 0 radical (unpaired) electrons. The van der Waals surface area contributed by atoms with Gasteiger partial charge in [0.1, 0.15) is 0 Å². The van der Waals surface area contributed by atoms with E-state index in [0.717, 1.165) is 24.1 Å². The van der Waals surface area contributed by atoms with Gasteiger partial charge in [0.25, 0.3) is 0 Å². The molecule has 6 heteroatoms. The van der Waals surface area contributed by atoms with Gasteiger partial charge in [0.2, 0.25) is 6.41 Å². The second kappa shape index (κ2) is 10.1. The first-order valence-corrected chi connectivity index (χ1v) is 8.14. The highest BCUT2D eigenvalue weighted by molar-refractivity contribution is 5.84. The third kappa shape index (κ3) is 6.64. The quantitative estimate of drug-likeness (QED) is 0.483. The molecule has 2 rings (SSSR count). The van der Waals surface area contributed by atoms with Crippen LogP contribution in [0.25, 0.3) is 0 Å². The molecule has 0 aromatic heterocycles. The fourth-order valence-electron chi connectivity index (χ4n) is 2.26. The molecule has 2 amide bonds. The Morgan fingerprint density at radius 3 is 2.04 bits per heavy atom. The van der Waals surface area contributed by atoms with Crippen molar-refractivity contribution in [3.05, 3.63) is 59.7 Å². The highest BCUT2D eigenvalue weighted by Gasteiger charge is 2.03. The van der Waals surface area contributed by atoms with Crippen LogP contribution in [-0.2, 0) is 22.4 Å². The van der Waals surface area contributed by atoms with Crippen LogP contribution in [0.1, 0.15) is 17.5 Å². The van der Waals surface area contributed by atoms with Crippen molar-refractivity contribution in [2.24, 2.45) is 0 Å². The minimum absolute atomic E-state index is 0.00168. The molecule has 3 N–H and O–H groups in total. The predicted octanol–water partition coefficient (Wildman–Crippen LogP) is 2.97. The smallest absolute Gasteiger partial charge is 0.411 e. The van der Waals surface area contributed by atoms with Crippen molar-refractivity contribution in [2.75, 3.05) is 23.8 Å². The molecule has 0 aliphatic carbocycles.